The van der Waals surface area contributed by atoms with Gasteiger partial charge < -0.3 is 9.73 Å². The molecule has 0 amide bonds. The molecule has 0 aromatic carbocycles. The molecule has 0 aliphatic rings. The van der Waals surface area contributed by atoms with Gasteiger partial charge in [-0.25, -0.2) is 0 Å². The van der Waals surface area contributed by atoms with Crippen LogP contribution in [0.5, 0.6) is 0 Å². The summed E-state index contributed by atoms with van der Waals surface area (Å²) >= 11 is 0. The highest BCUT2D eigenvalue weighted by molar-refractivity contribution is 5.52. The van der Waals surface area contributed by atoms with E-state index in [-0.39, 0.29) is 5.54 Å². The standard InChI is InChI=1S/C14H20N4O/c1-10-9-11(5-7-15-10)13-18-17-12(19-13)6-8-16-14(2,3)4/h5,7,9,16H,6,8H2,1-4H3. The van der Waals surface area contributed by atoms with E-state index < -0.39 is 0 Å². The van der Waals surface area contributed by atoms with Crippen LogP contribution < -0.4 is 5.32 Å². The van der Waals surface area contributed by atoms with Gasteiger partial charge in [0.1, 0.15) is 0 Å². The Balaban J connectivity index is 1.99. The van der Waals surface area contributed by atoms with E-state index in [1.54, 1.807) is 6.20 Å². The van der Waals surface area contributed by atoms with Crippen LogP contribution in [0.3, 0.4) is 0 Å². The molecule has 0 aliphatic carbocycles. The Hall–Kier alpha value is -1.75. The molecule has 0 bridgehead atoms. The van der Waals surface area contributed by atoms with E-state index in [0.29, 0.717) is 11.8 Å². The van der Waals surface area contributed by atoms with Crippen LogP contribution in [-0.4, -0.2) is 27.3 Å². The minimum atomic E-state index is 0.102. The maximum Gasteiger partial charge on any atom is 0.247 e. The van der Waals surface area contributed by atoms with Crippen molar-refractivity contribution in [3.8, 4) is 11.5 Å². The van der Waals surface area contributed by atoms with Gasteiger partial charge in [0.2, 0.25) is 11.8 Å². The summed E-state index contributed by atoms with van der Waals surface area (Å²) in [5.41, 5.74) is 1.95. The van der Waals surface area contributed by atoms with Crippen LogP contribution in [0.2, 0.25) is 0 Å². The zero-order valence-corrected chi connectivity index (χ0v) is 11.9. The summed E-state index contributed by atoms with van der Waals surface area (Å²) in [6.07, 6.45) is 2.48. The fourth-order valence-corrected chi connectivity index (χ4v) is 1.69. The fraction of sp³-hybridized carbons (Fsp3) is 0.500. The van der Waals surface area contributed by atoms with E-state index in [0.717, 1.165) is 24.2 Å². The molecule has 0 radical (unpaired) electrons. The summed E-state index contributed by atoms with van der Waals surface area (Å²) in [6, 6.07) is 3.81. The quantitative estimate of drug-likeness (QED) is 0.914. The van der Waals surface area contributed by atoms with Gasteiger partial charge in [0, 0.05) is 36.0 Å². The number of pyridine rings is 1. The van der Waals surface area contributed by atoms with Crippen LogP contribution in [0.4, 0.5) is 0 Å². The molecule has 5 nitrogen and oxygen atoms in total. The Labute approximate surface area is 113 Å². The lowest BCUT2D eigenvalue weighted by Crippen LogP contribution is -2.37. The third-order valence-corrected chi connectivity index (χ3v) is 2.60. The Kier molecular flexibility index (Phi) is 3.95. The number of nitrogens with one attached hydrogen (secondary N) is 1. The second kappa shape index (κ2) is 5.48. The first-order chi connectivity index (χ1) is 8.94. The van der Waals surface area contributed by atoms with Gasteiger partial charge in [0.25, 0.3) is 0 Å². The van der Waals surface area contributed by atoms with E-state index >= 15 is 0 Å². The normalized spacial score (nSPS) is 11.8. The first-order valence-electron chi connectivity index (χ1n) is 6.44. The van der Waals surface area contributed by atoms with E-state index in [4.69, 9.17) is 4.42 Å². The van der Waals surface area contributed by atoms with Crippen molar-refractivity contribution in [3.05, 3.63) is 29.9 Å². The zero-order valence-electron chi connectivity index (χ0n) is 11.9. The molecular formula is C14H20N4O. The molecule has 0 saturated carbocycles. The van der Waals surface area contributed by atoms with Crippen LogP contribution in [0.25, 0.3) is 11.5 Å². The maximum atomic E-state index is 5.65. The van der Waals surface area contributed by atoms with Crippen LogP contribution in [-0.2, 0) is 6.42 Å². The summed E-state index contributed by atoms with van der Waals surface area (Å²) in [5, 5.41) is 11.5. The molecule has 2 aromatic rings. The molecule has 2 aromatic heterocycles. The number of aryl methyl sites for hydroxylation is 1. The maximum absolute atomic E-state index is 5.65. The summed E-state index contributed by atoms with van der Waals surface area (Å²) in [5.74, 6) is 1.21. The molecule has 0 aliphatic heterocycles. The van der Waals surface area contributed by atoms with Crippen molar-refractivity contribution < 1.29 is 4.42 Å². The Morgan fingerprint density at radius 1 is 1.26 bits per heavy atom. The molecule has 0 saturated heterocycles. The fourth-order valence-electron chi connectivity index (χ4n) is 1.69. The summed E-state index contributed by atoms with van der Waals surface area (Å²) in [7, 11) is 0. The zero-order chi connectivity index (χ0) is 13.9. The van der Waals surface area contributed by atoms with Crippen molar-refractivity contribution in [1.82, 2.24) is 20.5 Å². The number of nitrogens with zero attached hydrogens (tertiary/aromatic N) is 3. The molecule has 0 atom stereocenters. The first-order valence-corrected chi connectivity index (χ1v) is 6.44. The van der Waals surface area contributed by atoms with Crippen molar-refractivity contribution in [2.45, 2.75) is 39.7 Å². The SMILES string of the molecule is Cc1cc(-c2nnc(CCNC(C)(C)C)o2)ccn1. The van der Waals surface area contributed by atoms with E-state index in [1.165, 1.54) is 0 Å². The van der Waals surface area contributed by atoms with Gasteiger partial charge in [-0.2, -0.15) is 0 Å². The highest BCUT2D eigenvalue weighted by atomic mass is 16.4. The summed E-state index contributed by atoms with van der Waals surface area (Å²) in [6.45, 7) is 9.15. The molecule has 1 N–H and O–H groups in total. The second-order valence-corrected chi connectivity index (χ2v) is 5.61. The number of hydrogen-bond acceptors (Lipinski definition) is 5. The largest absolute Gasteiger partial charge is 0.421 e. The van der Waals surface area contributed by atoms with Crippen LogP contribution in [0, 0.1) is 6.92 Å². The van der Waals surface area contributed by atoms with Gasteiger partial charge in [0.15, 0.2) is 0 Å². The van der Waals surface area contributed by atoms with Crippen molar-refractivity contribution in [2.75, 3.05) is 6.54 Å². The lowest BCUT2D eigenvalue weighted by atomic mass is 10.1. The lowest BCUT2D eigenvalue weighted by molar-refractivity contribution is 0.412. The van der Waals surface area contributed by atoms with Gasteiger partial charge in [-0.3, -0.25) is 4.98 Å². The van der Waals surface area contributed by atoms with Crippen molar-refractivity contribution in [1.29, 1.82) is 0 Å². The van der Waals surface area contributed by atoms with Gasteiger partial charge in [-0.1, -0.05) is 0 Å². The Morgan fingerprint density at radius 3 is 2.74 bits per heavy atom. The van der Waals surface area contributed by atoms with Crippen LogP contribution in [0.15, 0.2) is 22.7 Å². The van der Waals surface area contributed by atoms with Gasteiger partial charge in [0.05, 0.1) is 0 Å². The second-order valence-electron chi connectivity index (χ2n) is 5.61. The Morgan fingerprint density at radius 2 is 2.05 bits per heavy atom. The predicted octanol–water partition coefficient (Wildman–Crippen LogP) is 2.37. The van der Waals surface area contributed by atoms with Gasteiger partial charge in [-0.05, 0) is 39.8 Å². The number of hydrogen-bond donors (Lipinski definition) is 1. The van der Waals surface area contributed by atoms with E-state index in [2.05, 4.69) is 41.3 Å². The molecule has 0 fully saturated rings. The molecule has 102 valence electrons. The first kappa shape index (κ1) is 13.7. The van der Waals surface area contributed by atoms with Gasteiger partial charge in [-0.15, -0.1) is 10.2 Å². The predicted molar refractivity (Wildman–Crippen MR) is 73.7 cm³/mol. The highest BCUT2D eigenvalue weighted by Gasteiger charge is 2.11. The smallest absolute Gasteiger partial charge is 0.247 e. The lowest BCUT2D eigenvalue weighted by Gasteiger charge is -2.19. The molecule has 2 rings (SSSR count). The molecule has 0 unspecified atom stereocenters. The third kappa shape index (κ3) is 4.13. The van der Waals surface area contributed by atoms with Crippen LogP contribution in [0.1, 0.15) is 32.4 Å². The highest BCUT2D eigenvalue weighted by Crippen LogP contribution is 2.17. The molecule has 0 spiro atoms. The molecular weight excluding hydrogens is 240 g/mol. The third-order valence-electron chi connectivity index (χ3n) is 2.60. The summed E-state index contributed by atoms with van der Waals surface area (Å²) in [4.78, 5) is 4.15. The average Bonchev–Trinajstić information content (AvgIpc) is 2.76. The van der Waals surface area contributed by atoms with Crippen molar-refractivity contribution in [3.63, 3.8) is 0 Å². The van der Waals surface area contributed by atoms with Crippen LogP contribution >= 0.6 is 0 Å². The van der Waals surface area contributed by atoms with Crippen molar-refractivity contribution >= 4 is 0 Å². The topological polar surface area (TPSA) is 63.8 Å². The number of rotatable bonds is 4. The number of aromatic nitrogens is 3. The molecule has 5 heteroatoms. The van der Waals surface area contributed by atoms with Crippen molar-refractivity contribution in [2.24, 2.45) is 0 Å². The minimum absolute atomic E-state index is 0.102. The molecule has 2 heterocycles. The minimum Gasteiger partial charge on any atom is -0.421 e. The van der Waals surface area contributed by atoms with Gasteiger partial charge >= 0.3 is 0 Å². The van der Waals surface area contributed by atoms with E-state index in [9.17, 15) is 0 Å². The molecule has 19 heavy (non-hydrogen) atoms. The Bertz CT molecular complexity index is 542. The van der Waals surface area contributed by atoms with E-state index in [1.807, 2.05) is 19.1 Å². The average molecular weight is 260 g/mol. The summed E-state index contributed by atoms with van der Waals surface area (Å²) < 4.78 is 5.65. The monoisotopic (exact) mass is 260 g/mol.